The molecule has 2 heterocycles. The number of hydrogen-bond acceptors (Lipinski definition) is 3. The summed E-state index contributed by atoms with van der Waals surface area (Å²) in [6.45, 7) is 2.00. The van der Waals surface area contributed by atoms with Crippen LogP contribution < -0.4 is 5.32 Å². The van der Waals surface area contributed by atoms with Gasteiger partial charge in [-0.1, -0.05) is 25.1 Å². The molecule has 102 valence electrons. The predicted octanol–water partition coefficient (Wildman–Crippen LogP) is 3.80. The fourth-order valence-corrected chi connectivity index (χ4v) is 2.81. The molecule has 0 spiro atoms. The van der Waals surface area contributed by atoms with Crippen molar-refractivity contribution in [1.29, 1.82) is 0 Å². The van der Waals surface area contributed by atoms with Gasteiger partial charge in [-0.25, -0.2) is 4.98 Å². The molecule has 4 nitrogen and oxygen atoms in total. The van der Waals surface area contributed by atoms with Crippen LogP contribution in [0.2, 0.25) is 0 Å². The first-order valence-electron chi connectivity index (χ1n) is 6.59. The monoisotopic (exact) mass is 285 g/mol. The Morgan fingerprint density at radius 2 is 2.25 bits per heavy atom. The van der Waals surface area contributed by atoms with E-state index in [0.29, 0.717) is 6.42 Å². The number of carbonyl (C=O) groups is 1. The average Bonchev–Trinajstić information content (AvgIpc) is 3.00. The third-order valence-corrected chi connectivity index (χ3v) is 3.82. The summed E-state index contributed by atoms with van der Waals surface area (Å²) in [6, 6.07) is 7.77. The minimum atomic E-state index is 0.0426. The van der Waals surface area contributed by atoms with E-state index in [4.69, 9.17) is 0 Å². The summed E-state index contributed by atoms with van der Waals surface area (Å²) in [5.41, 5.74) is 2.65. The first-order valence-corrected chi connectivity index (χ1v) is 7.47. The molecule has 0 fully saturated rings. The van der Waals surface area contributed by atoms with Gasteiger partial charge in [0.25, 0.3) is 0 Å². The zero-order valence-corrected chi connectivity index (χ0v) is 12.0. The molecule has 0 radical (unpaired) electrons. The SMILES string of the molecule is CCCC(=O)Nc1ccccc1-c1cn2ccsc2n1. The highest BCUT2D eigenvalue weighted by atomic mass is 32.1. The first-order chi connectivity index (χ1) is 9.78. The molecule has 0 saturated carbocycles. The van der Waals surface area contributed by atoms with E-state index in [1.807, 2.05) is 53.4 Å². The van der Waals surface area contributed by atoms with Crippen LogP contribution in [0.25, 0.3) is 16.2 Å². The normalized spacial score (nSPS) is 10.8. The average molecular weight is 285 g/mol. The van der Waals surface area contributed by atoms with Crippen LogP contribution >= 0.6 is 11.3 Å². The standard InChI is InChI=1S/C15H15N3OS/c1-2-5-14(19)16-12-7-4-3-6-11(12)13-10-18-8-9-20-15(18)17-13/h3-4,6-10H,2,5H2,1H3,(H,16,19). The van der Waals surface area contributed by atoms with Crippen molar-refractivity contribution in [2.24, 2.45) is 0 Å². The molecule has 1 amide bonds. The number of benzene rings is 1. The minimum absolute atomic E-state index is 0.0426. The highest BCUT2D eigenvalue weighted by Crippen LogP contribution is 2.28. The van der Waals surface area contributed by atoms with Gasteiger partial charge in [-0.15, -0.1) is 11.3 Å². The highest BCUT2D eigenvalue weighted by Gasteiger charge is 2.11. The van der Waals surface area contributed by atoms with Gasteiger partial charge in [0.2, 0.25) is 5.91 Å². The molecule has 0 bridgehead atoms. The number of para-hydroxylation sites is 1. The number of amides is 1. The topological polar surface area (TPSA) is 46.4 Å². The lowest BCUT2D eigenvalue weighted by atomic mass is 10.1. The second-order valence-corrected chi connectivity index (χ2v) is 5.44. The predicted molar refractivity (Wildman–Crippen MR) is 82.0 cm³/mol. The number of carbonyl (C=O) groups excluding carboxylic acids is 1. The van der Waals surface area contributed by atoms with Gasteiger partial charge in [0.15, 0.2) is 4.96 Å². The molecule has 1 aromatic carbocycles. The lowest BCUT2D eigenvalue weighted by Crippen LogP contribution is -2.11. The fraction of sp³-hybridized carbons (Fsp3) is 0.200. The summed E-state index contributed by atoms with van der Waals surface area (Å²) in [5.74, 6) is 0.0426. The summed E-state index contributed by atoms with van der Waals surface area (Å²) in [5, 5.41) is 4.96. The van der Waals surface area contributed by atoms with Crippen LogP contribution in [-0.4, -0.2) is 15.3 Å². The van der Waals surface area contributed by atoms with Crippen LogP contribution in [0, 0.1) is 0 Å². The van der Waals surface area contributed by atoms with E-state index < -0.39 is 0 Å². The number of thiazole rings is 1. The van der Waals surface area contributed by atoms with Gasteiger partial charge in [-0.2, -0.15) is 0 Å². The smallest absolute Gasteiger partial charge is 0.224 e. The Balaban J connectivity index is 1.96. The number of fused-ring (bicyclic) bond motifs is 1. The fourth-order valence-electron chi connectivity index (χ4n) is 2.11. The number of imidazole rings is 1. The van der Waals surface area contributed by atoms with Crippen molar-refractivity contribution in [3.63, 3.8) is 0 Å². The maximum atomic E-state index is 11.8. The van der Waals surface area contributed by atoms with E-state index in [-0.39, 0.29) is 5.91 Å². The molecule has 20 heavy (non-hydrogen) atoms. The molecule has 0 aliphatic heterocycles. The van der Waals surface area contributed by atoms with Crippen LogP contribution in [0.4, 0.5) is 5.69 Å². The van der Waals surface area contributed by atoms with Crippen molar-refractivity contribution in [1.82, 2.24) is 9.38 Å². The Morgan fingerprint density at radius 3 is 3.05 bits per heavy atom. The Labute approximate surface area is 121 Å². The second kappa shape index (κ2) is 5.46. The van der Waals surface area contributed by atoms with Gasteiger partial charge in [-0.05, 0) is 12.5 Å². The van der Waals surface area contributed by atoms with E-state index in [2.05, 4.69) is 10.3 Å². The van der Waals surface area contributed by atoms with Gasteiger partial charge < -0.3 is 5.32 Å². The van der Waals surface area contributed by atoms with Crippen molar-refractivity contribution < 1.29 is 4.79 Å². The zero-order chi connectivity index (χ0) is 13.9. The van der Waals surface area contributed by atoms with Crippen LogP contribution in [0.3, 0.4) is 0 Å². The molecule has 0 saturated heterocycles. The van der Waals surface area contributed by atoms with Gasteiger partial charge >= 0.3 is 0 Å². The molecule has 0 atom stereocenters. The van der Waals surface area contributed by atoms with Crippen molar-refractivity contribution in [2.45, 2.75) is 19.8 Å². The van der Waals surface area contributed by atoms with Crippen molar-refractivity contribution in [3.8, 4) is 11.3 Å². The lowest BCUT2D eigenvalue weighted by Gasteiger charge is -2.08. The molecular weight excluding hydrogens is 270 g/mol. The Hall–Kier alpha value is -2.14. The molecule has 3 rings (SSSR count). The summed E-state index contributed by atoms with van der Waals surface area (Å²) in [6.07, 6.45) is 5.34. The quantitative estimate of drug-likeness (QED) is 0.792. The molecule has 3 aromatic rings. The highest BCUT2D eigenvalue weighted by molar-refractivity contribution is 7.15. The first kappa shape index (κ1) is 12.9. The van der Waals surface area contributed by atoms with E-state index >= 15 is 0 Å². The third kappa shape index (κ3) is 2.44. The maximum Gasteiger partial charge on any atom is 0.224 e. The zero-order valence-electron chi connectivity index (χ0n) is 11.2. The van der Waals surface area contributed by atoms with Crippen LogP contribution in [0.15, 0.2) is 42.0 Å². The molecule has 1 N–H and O–H groups in total. The van der Waals surface area contributed by atoms with Crippen molar-refractivity contribution >= 4 is 27.9 Å². The van der Waals surface area contributed by atoms with Gasteiger partial charge in [0.1, 0.15) is 0 Å². The van der Waals surface area contributed by atoms with Gasteiger partial charge in [0.05, 0.1) is 11.4 Å². The summed E-state index contributed by atoms with van der Waals surface area (Å²) in [4.78, 5) is 17.3. The van der Waals surface area contributed by atoms with E-state index in [0.717, 1.165) is 28.3 Å². The van der Waals surface area contributed by atoms with Crippen LogP contribution in [0.5, 0.6) is 0 Å². The third-order valence-electron chi connectivity index (χ3n) is 3.05. The number of aromatic nitrogens is 2. The molecule has 0 unspecified atom stereocenters. The van der Waals surface area contributed by atoms with E-state index in [9.17, 15) is 4.79 Å². The Morgan fingerprint density at radius 1 is 1.40 bits per heavy atom. The van der Waals surface area contributed by atoms with Crippen molar-refractivity contribution in [3.05, 3.63) is 42.0 Å². The molecule has 5 heteroatoms. The van der Waals surface area contributed by atoms with E-state index in [1.165, 1.54) is 0 Å². The Bertz CT molecular complexity index is 716. The maximum absolute atomic E-state index is 11.8. The number of hydrogen-bond donors (Lipinski definition) is 1. The van der Waals surface area contributed by atoms with Crippen LogP contribution in [0.1, 0.15) is 19.8 Å². The van der Waals surface area contributed by atoms with Crippen molar-refractivity contribution in [2.75, 3.05) is 5.32 Å². The summed E-state index contributed by atoms with van der Waals surface area (Å²) in [7, 11) is 0. The van der Waals surface area contributed by atoms with Gasteiger partial charge in [-0.3, -0.25) is 9.20 Å². The molecule has 2 aromatic heterocycles. The van der Waals surface area contributed by atoms with Gasteiger partial charge in [0, 0.05) is 29.8 Å². The summed E-state index contributed by atoms with van der Waals surface area (Å²) >= 11 is 1.60. The number of anilines is 1. The molecule has 0 aliphatic carbocycles. The lowest BCUT2D eigenvalue weighted by molar-refractivity contribution is -0.116. The van der Waals surface area contributed by atoms with E-state index in [1.54, 1.807) is 11.3 Å². The summed E-state index contributed by atoms with van der Waals surface area (Å²) < 4.78 is 1.99. The minimum Gasteiger partial charge on any atom is -0.325 e. The Kier molecular flexibility index (Phi) is 3.52. The number of nitrogens with zero attached hydrogens (tertiary/aromatic N) is 2. The largest absolute Gasteiger partial charge is 0.325 e. The number of rotatable bonds is 4. The molecule has 0 aliphatic rings. The number of nitrogens with one attached hydrogen (secondary N) is 1. The van der Waals surface area contributed by atoms with Crippen LogP contribution in [-0.2, 0) is 4.79 Å². The molecular formula is C15H15N3OS. The second-order valence-electron chi connectivity index (χ2n) is 4.56.